The van der Waals surface area contributed by atoms with Crippen LogP contribution in [0.25, 0.3) is 6.08 Å². The Labute approximate surface area is 215 Å². The topological polar surface area (TPSA) is 79.1 Å². The Hall–Kier alpha value is -3.69. The molecule has 2 aromatic carbocycles. The molecule has 4 rings (SSSR count). The molecule has 0 saturated heterocycles. The second-order valence-electron chi connectivity index (χ2n) is 7.72. The third-order valence-corrected chi connectivity index (χ3v) is 6.88. The zero-order valence-corrected chi connectivity index (χ0v) is 21.3. The SMILES string of the molecule is C=CCOC(=O)C1=C(C)N=c2s/c(=C\c3c(F)cccc3Cl)c(=O)n2[C@H]1c1ccc(OC)c(OC)c1. The summed E-state index contributed by atoms with van der Waals surface area (Å²) in [6, 6.07) is 8.52. The van der Waals surface area contributed by atoms with Gasteiger partial charge in [0.15, 0.2) is 16.3 Å². The van der Waals surface area contributed by atoms with Crippen LogP contribution >= 0.6 is 22.9 Å². The molecule has 1 atom stereocenters. The monoisotopic (exact) mass is 528 g/mol. The zero-order chi connectivity index (χ0) is 26.0. The fourth-order valence-corrected chi connectivity index (χ4v) is 5.16. The van der Waals surface area contributed by atoms with Crippen LogP contribution in [0.2, 0.25) is 5.02 Å². The standard InChI is InChI=1S/C26H22ClFN2O5S/c1-5-11-35-25(32)22-14(2)29-26-30(23(22)15-9-10-19(33-3)20(12-15)34-4)24(31)21(36-26)13-16-17(27)7-6-8-18(16)28/h5-10,12-13,23H,1,11H2,2-4H3/b21-13-/t23-/m0/s1. The first kappa shape index (κ1) is 25.4. The van der Waals surface area contributed by atoms with E-state index in [-0.39, 0.29) is 27.3 Å². The van der Waals surface area contributed by atoms with Crippen molar-refractivity contribution in [3.8, 4) is 11.5 Å². The molecule has 36 heavy (non-hydrogen) atoms. The number of halogens is 2. The van der Waals surface area contributed by atoms with Gasteiger partial charge in [-0.15, -0.1) is 0 Å². The number of hydrogen-bond donors (Lipinski definition) is 0. The Bertz CT molecular complexity index is 1550. The van der Waals surface area contributed by atoms with E-state index < -0.39 is 23.4 Å². The van der Waals surface area contributed by atoms with E-state index in [4.69, 9.17) is 25.8 Å². The predicted octanol–water partition coefficient (Wildman–Crippen LogP) is 3.77. The van der Waals surface area contributed by atoms with Crippen LogP contribution in [0.4, 0.5) is 4.39 Å². The zero-order valence-electron chi connectivity index (χ0n) is 19.7. The fourth-order valence-electron chi connectivity index (χ4n) is 3.91. The van der Waals surface area contributed by atoms with Gasteiger partial charge in [0.05, 0.1) is 41.1 Å². The molecular weight excluding hydrogens is 507 g/mol. The maximum Gasteiger partial charge on any atom is 0.338 e. The van der Waals surface area contributed by atoms with Gasteiger partial charge in [-0.1, -0.05) is 47.7 Å². The van der Waals surface area contributed by atoms with Gasteiger partial charge in [-0.25, -0.2) is 14.2 Å². The van der Waals surface area contributed by atoms with Crippen LogP contribution in [0.1, 0.15) is 24.1 Å². The third kappa shape index (κ3) is 4.59. The Morgan fingerprint density at radius 1 is 1.25 bits per heavy atom. The Morgan fingerprint density at radius 2 is 2.00 bits per heavy atom. The van der Waals surface area contributed by atoms with Gasteiger partial charge in [-0.05, 0) is 42.8 Å². The van der Waals surface area contributed by atoms with Gasteiger partial charge in [-0.2, -0.15) is 0 Å². The number of esters is 1. The molecule has 0 N–H and O–H groups in total. The predicted molar refractivity (Wildman–Crippen MR) is 136 cm³/mol. The number of methoxy groups -OCH3 is 2. The largest absolute Gasteiger partial charge is 0.493 e. The molecule has 1 aromatic heterocycles. The van der Waals surface area contributed by atoms with Crippen molar-refractivity contribution in [3.63, 3.8) is 0 Å². The quantitative estimate of drug-likeness (QED) is 0.344. The van der Waals surface area contributed by atoms with Crippen LogP contribution in [-0.2, 0) is 9.53 Å². The van der Waals surface area contributed by atoms with Crippen LogP contribution in [0, 0.1) is 5.82 Å². The van der Waals surface area contributed by atoms with Crippen LogP contribution < -0.4 is 24.4 Å². The van der Waals surface area contributed by atoms with Gasteiger partial charge in [0.1, 0.15) is 12.4 Å². The lowest BCUT2D eigenvalue weighted by atomic mass is 9.95. The van der Waals surface area contributed by atoms with Crippen molar-refractivity contribution < 1.29 is 23.4 Å². The van der Waals surface area contributed by atoms with E-state index in [1.807, 2.05) is 0 Å². The molecule has 3 aromatic rings. The van der Waals surface area contributed by atoms with E-state index in [1.54, 1.807) is 25.1 Å². The summed E-state index contributed by atoms with van der Waals surface area (Å²) < 4.78 is 32.2. The van der Waals surface area contributed by atoms with Gasteiger partial charge >= 0.3 is 5.97 Å². The molecule has 0 aliphatic carbocycles. The summed E-state index contributed by atoms with van der Waals surface area (Å²) >= 11 is 7.25. The van der Waals surface area contributed by atoms with Crippen molar-refractivity contribution in [2.75, 3.05) is 20.8 Å². The maximum atomic E-state index is 14.4. The number of carbonyl (C=O) groups excluding carboxylic acids is 1. The summed E-state index contributed by atoms with van der Waals surface area (Å²) in [5.41, 5.74) is 0.782. The number of fused-ring (bicyclic) bond motifs is 1. The van der Waals surface area contributed by atoms with Crippen molar-refractivity contribution in [1.82, 2.24) is 4.57 Å². The number of aromatic nitrogens is 1. The normalized spacial score (nSPS) is 15.2. The molecule has 0 fully saturated rings. The summed E-state index contributed by atoms with van der Waals surface area (Å²) in [6.45, 7) is 5.24. The summed E-state index contributed by atoms with van der Waals surface area (Å²) in [5.74, 6) is -0.292. The smallest absolute Gasteiger partial charge is 0.338 e. The molecule has 0 radical (unpaired) electrons. The third-order valence-electron chi connectivity index (χ3n) is 5.57. The van der Waals surface area contributed by atoms with Crippen LogP contribution in [0.15, 0.2) is 70.1 Å². The number of rotatable bonds is 7. The number of carbonyl (C=O) groups is 1. The summed E-state index contributed by atoms with van der Waals surface area (Å²) in [6.07, 6.45) is 2.84. The lowest BCUT2D eigenvalue weighted by Gasteiger charge is -2.25. The second kappa shape index (κ2) is 10.5. The van der Waals surface area contributed by atoms with Crippen molar-refractivity contribution in [1.29, 1.82) is 0 Å². The molecule has 186 valence electrons. The van der Waals surface area contributed by atoms with Crippen molar-refractivity contribution in [2.45, 2.75) is 13.0 Å². The molecule has 7 nitrogen and oxygen atoms in total. The number of hydrogen-bond acceptors (Lipinski definition) is 7. The van der Waals surface area contributed by atoms with E-state index in [0.717, 1.165) is 11.3 Å². The Kier molecular flexibility index (Phi) is 7.42. The highest BCUT2D eigenvalue weighted by Crippen LogP contribution is 2.36. The summed E-state index contributed by atoms with van der Waals surface area (Å²) in [5, 5.41) is 0.169. The highest BCUT2D eigenvalue weighted by atomic mass is 35.5. The second-order valence-corrected chi connectivity index (χ2v) is 9.13. The van der Waals surface area contributed by atoms with Gasteiger partial charge in [0.2, 0.25) is 0 Å². The minimum atomic E-state index is -0.878. The number of allylic oxidation sites excluding steroid dienone is 1. The number of ether oxygens (including phenoxy) is 3. The lowest BCUT2D eigenvalue weighted by Crippen LogP contribution is -2.40. The average molecular weight is 529 g/mol. The van der Waals surface area contributed by atoms with E-state index in [0.29, 0.717) is 27.6 Å². The molecule has 0 bridgehead atoms. The first-order valence-corrected chi connectivity index (χ1v) is 12.0. The summed E-state index contributed by atoms with van der Waals surface area (Å²) in [7, 11) is 3.00. The molecule has 0 saturated carbocycles. The molecular formula is C26H22ClFN2O5S. The maximum absolute atomic E-state index is 14.4. The molecule has 1 aliphatic rings. The van der Waals surface area contributed by atoms with Gasteiger partial charge in [-0.3, -0.25) is 9.36 Å². The lowest BCUT2D eigenvalue weighted by molar-refractivity contribution is -0.138. The number of nitrogens with zero attached hydrogens (tertiary/aromatic N) is 2. The molecule has 1 aliphatic heterocycles. The van der Waals surface area contributed by atoms with E-state index in [2.05, 4.69) is 11.6 Å². The highest BCUT2D eigenvalue weighted by molar-refractivity contribution is 7.07. The number of thiazole rings is 1. The minimum absolute atomic E-state index is 0.00945. The van der Waals surface area contributed by atoms with Crippen molar-refractivity contribution in [3.05, 3.63) is 102 Å². The van der Waals surface area contributed by atoms with Crippen molar-refractivity contribution >= 4 is 35.0 Å². The van der Waals surface area contributed by atoms with Crippen LogP contribution in [-0.4, -0.2) is 31.4 Å². The molecule has 0 unspecified atom stereocenters. The fraction of sp³-hybridized carbons (Fsp3) is 0.192. The van der Waals surface area contributed by atoms with E-state index >= 15 is 0 Å². The average Bonchev–Trinajstić information content (AvgIpc) is 3.17. The first-order valence-electron chi connectivity index (χ1n) is 10.8. The Morgan fingerprint density at radius 3 is 2.67 bits per heavy atom. The van der Waals surface area contributed by atoms with Crippen LogP contribution in [0.3, 0.4) is 0 Å². The highest BCUT2D eigenvalue weighted by Gasteiger charge is 2.34. The summed E-state index contributed by atoms with van der Waals surface area (Å²) in [4.78, 5) is 31.6. The van der Waals surface area contributed by atoms with Gasteiger partial charge in [0.25, 0.3) is 5.56 Å². The number of benzene rings is 2. The Balaban J connectivity index is 1.99. The molecule has 0 amide bonds. The van der Waals surface area contributed by atoms with E-state index in [1.165, 1.54) is 49.1 Å². The van der Waals surface area contributed by atoms with Gasteiger partial charge < -0.3 is 14.2 Å². The molecule has 2 heterocycles. The van der Waals surface area contributed by atoms with Crippen molar-refractivity contribution in [2.24, 2.45) is 4.99 Å². The van der Waals surface area contributed by atoms with Gasteiger partial charge in [0, 0.05) is 5.56 Å². The van der Waals surface area contributed by atoms with Crippen LogP contribution in [0.5, 0.6) is 11.5 Å². The van der Waals surface area contributed by atoms with E-state index in [9.17, 15) is 14.0 Å². The molecule has 0 spiro atoms. The molecule has 10 heteroatoms. The first-order chi connectivity index (χ1) is 17.3. The minimum Gasteiger partial charge on any atom is -0.493 e.